The highest BCUT2D eigenvalue weighted by atomic mass is 79.9. The first-order valence-corrected chi connectivity index (χ1v) is 9.51. The summed E-state index contributed by atoms with van der Waals surface area (Å²) in [7, 11) is -2.51. The Morgan fingerprint density at radius 2 is 1.45 bits per heavy atom. The highest BCUT2D eigenvalue weighted by Gasteiger charge is 2.13. The number of rotatable bonds is 10. The van der Waals surface area contributed by atoms with Crippen LogP contribution in [0.4, 0.5) is 0 Å². The van der Waals surface area contributed by atoms with Gasteiger partial charge in [0, 0.05) is 0 Å². The fraction of sp³-hybridized carbons (Fsp3) is 0.600. The molecule has 2 aromatic heterocycles. The Balaban J connectivity index is 1.56. The zero-order valence-electron chi connectivity index (χ0n) is 11.4. The van der Waals surface area contributed by atoms with Crippen molar-refractivity contribution in [3.8, 4) is 0 Å². The van der Waals surface area contributed by atoms with Gasteiger partial charge in [0.15, 0.2) is 11.6 Å². The first kappa shape index (κ1) is 17.7. The van der Waals surface area contributed by atoms with Crippen molar-refractivity contribution < 1.29 is 13.6 Å². The lowest BCUT2D eigenvalue weighted by Crippen LogP contribution is -2.00. The predicted molar refractivity (Wildman–Crippen MR) is 86.2 cm³/mol. The second-order valence-corrected chi connectivity index (χ2v) is 7.46. The van der Waals surface area contributed by atoms with Gasteiger partial charge in [0.25, 0.3) is 0 Å². The number of H-pyrrole nitrogens is 2. The van der Waals surface area contributed by atoms with E-state index >= 15 is 0 Å². The molecule has 2 N–H and O–H groups in total. The molecule has 9 nitrogen and oxygen atoms in total. The molecule has 122 valence electrons. The molecule has 22 heavy (non-hydrogen) atoms. The second kappa shape index (κ2) is 9.51. The molecular formula is C10H15Br2N6O3P. The van der Waals surface area contributed by atoms with E-state index in [-0.39, 0.29) is 9.65 Å². The minimum atomic E-state index is -2.51. The van der Waals surface area contributed by atoms with Gasteiger partial charge in [0.2, 0.25) is 0 Å². The molecule has 0 saturated heterocycles. The molecule has 2 unspecified atom stereocenters. The van der Waals surface area contributed by atoms with Crippen molar-refractivity contribution in [2.45, 2.75) is 22.5 Å². The summed E-state index contributed by atoms with van der Waals surface area (Å²) < 4.78 is 21.9. The number of aromatic nitrogens is 6. The molecule has 0 radical (unpaired) electrons. The highest BCUT2D eigenvalue weighted by molar-refractivity contribution is 9.09. The lowest BCUT2D eigenvalue weighted by atomic mass is 10.3. The molecule has 0 bridgehead atoms. The minimum Gasteiger partial charge on any atom is -0.311 e. The smallest absolute Gasteiger partial charge is 0.311 e. The Morgan fingerprint density at radius 3 is 1.82 bits per heavy atom. The molecule has 0 aromatic carbocycles. The molecule has 0 amide bonds. The van der Waals surface area contributed by atoms with E-state index in [4.69, 9.17) is 9.05 Å². The standard InChI is InChI=1S/C10H15Br2N6O3P/c11-7(9-13-5-15-17-9)1-3-20-22(19)21-4-2-8(12)10-14-6-16-18-10/h5-8,22H,1-4H2,(H,13,15,17)(H,14,16,18). The SMILES string of the molecule is O=[PH](OCCC(Br)c1nc[nH]n1)OCCC(Br)c1nc[nH]n1. The van der Waals surface area contributed by atoms with Gasteiger partial charge in [0.05, 0.1) is 22.9 Å². The molecular weight excluding hydrogens is 443 g/mol. The molecule has 2 rings (SSSR count). The minimum absolute atomic E-state index is 0.0498. The monoisotopic (exact) mass is 456 g/mol. The number of nitrogens with zero attached hydrogens (tertiary/aromatic N) is 4. The van der Waals surface area contributed by atoms with Gasteiger partial charge in [-0.15, -0.1) is 0 Å². The lowest BCUT2D eigenvalue weighted by molar-refractivity contribution is 0.221. The van der Waals surface area contributed by atoms with Gasteiger partial charge in [0.1, 0.15) is 12.7 Å². The van der Waals surface area contributed by atoms with Crippen LogP contribution in [-0.4, -0.2) is 43.6 Å². The first-order valence-electron chi connectivity index (χ1n) is 6.46. The van der Waals surface area contributed by atoms with E-state index in [0.29, 0.717) is 37.7 Å². The van der Waals surface area contributed by atoms with E-state index in [0.717, 1.165) is 0 Å². The van der Waals surface area contributed by atoms with Gasteiger partial charge in [-0.1, -0.05) is 31.9 Å². The van der Waals surface area contributed by atoms with E-state index < -0.39 is 8.25 Å². The largest absolute Gasteiger partial charge is 0.319 e. The van der Waals surface area contributed by atoms with E-state index in [9.17, 15) is 4.57 Å². The molecule has 0 aliphatic heterocycles. The summed E-state index contributed by atoms with van der Waals surface area (Å²) in [4.78, 5) is 7.94. The van der Waals surface area contributed by atoms with Crippen LogP contribution in [0.25, 0.3) is 0 Å². The van der Waals surface area contributed by atoms with Crippen LogP contribution in [0.3, 0.4) is 0 Å². The van der Waals surface area contributed by atoms with Crippen molar-refractivity contribution in [2.24, 2.45) is 0 Å². The van der Waals surface area contributed by atoms with Crippen LogP contribution in [0.5, 0.6) is 0 Å². The maximum atomic E-state index is 11.6. The number of nitrogens with one attached hydrogen (secondary N) is 2. The topological polar surface area (TPSA) is 119 Å². The number of alkyl halides is 2. The van der Waals surface area contributed by atoms with Gasteiger partial charge < -0.3 is 9.05 Å². The van der Waals surface area contributed by atoms with Crippen LogP contribution in [0.15, 0.2) is 12.7 Å². The third-order valence-corrected chi connectivity index (χ3v) is 5.22. The summed E-state index contributed by atoms with van der Waals surface area (Å²) in [6, 6.07) is 0. The van der Waals surface area contributed by atoms with Crippen molar-refractivity contribution in [3.63, 3.8) is 0 Å². The van der Waals surface area contributed by atoms with Crippen molar-refractivity contribution in [1.29, 1.82) is 0 Å². The average Bonchev–Trinajstić information content (AvgIpc) is 3.20. The maximum absolute atomic E-state index is 11.6. The predicted octanol–water partition coefficient (Wildman–Crippen LogP) is 2.70. The van der Waals surface area contributed by atoms with Crippen molar-refractivity contribution >= 4 is 40.1 Å². The van der Waals surface area contributed by atoms with Crippen molar-refractivity contribution in [1.82, 2.24) is 30.4 Å². The van der Waals surface area contributed by atoms with E-state index in [1.807, 2.05) is 0 Å². The normalized spacial score (nSPS) is 15.5. The third kappa shape index (κ3) is 5.88. The summed E-state index contributed by atoms with van der Waals surface area (Å²) in [6.45, 7) is 0.585. The van der Waals surface area contributed by atoms with Crippen LogP contribution in [0.1, 0.15) is 34.1 Å². The molecule has 0 fully saturated rings. The molecule has 12 heteroatoms. The summed E-state index contributed by atoms with van der Waals surface area (Å²) in [6.07, 6.45) is 4.19. The number of hydrogen-bond donors (Lipinski definition) is 2. The molecule has 2 aromatic rings. The maximum Gasteiger partial charge on any atom is 0.319 e. The molecule has 0 aliphatic carbocycles. The zero-order valence-corrected chi connectivity index (χ0v) is 15.6. The summed E-state index contributed by atoms with van der Waals surface area (Å²) in [5, 5.41) is 13.2. The van der Waals surface area contributed by atoms with Crippen LogP contribution >= 0.6 is 40.1 Å². The van der Waals surface area contributed by atoms with Crippen molar-refractivity contribution in [2.75, 3.05) is 13.2 Å². The Hall–Kier alpha value is -0.610. The summed E-state index contributed by atoms with van der Waals surface area (Å²) in [5.41, 5.74) is 0. The third-order valence-electron chi connectivity index (χ3n) is 2.61. The fourth-order valence-electron chi connectivity index (χ4n) is 1.53. The molecule has 2 atom stereocenters. The van der Waals surface area contributed by atoms with Crippen LogP contribution < -0.4 is 0 Å². The van der Waals surface area contributed by atoms with Gasteiger partial charge in [-0.25, -0.2) is 9.97 Å². The number of halogens is 2. The van der Waals surface area contributed by atoms with Crippen LogP contribution in [-0.2, 0) is 13.6 Å². The van der Waals surface area contributed by atoms with E-state index in [2.05, 4.69) is 62.2 Å². The Morgan fingerprint density at radius 1 is 1.00 bits per heavy atom. The zero-order chi connectivity index (χ0) is 15.8. The first-order chi connectivity index (χ1) is 10.7. The Labute approximate surface area is 144 Å². The summed E-state index contributed by atoms with van der Waals surface area (Å²) in [5.74, 6) is 1.27. The quantitative estimate of drug-likeness (QED) is 0.415. The molecule has 0 spiro atoms. The van der Waals surface area contributed by atoms with Crippen LogP contribution in [0, 0.1) is 0 Å². The number of aromatic amines is 2. The van der Waals surface area contributed by atoms with Gasteiger partial charge in [-0.3, -0.25) is 14.8 Å². The van der Waals surface area contributed by atoms with Crippen molar-refractivity contribution in [3.05, 3.63) is 24.3 Å². The molecule has 2 heterocycles. The Bertz CT molecular complexity index is 507. The van der Waals surface area contributed by atoms with Gasteiger partial charge in [-0.05, 0) is 12.8 Å². The van der Waals surface area contributed by atoms with E-state index in [1.165, 1.54) is 12.7 Å². The van der Waals surface area contributed by atoms with Gasteiger partial charge in [-0.2, -0.15) is 10.2 Å². The molecule has 0 saturated carbocycles. The fourth-order valence-corrected chi connectivity index (χ4v) is 3.00. The average molecular weight is 458 g/mol. The lowest BCUT2D eigenvalue weighted by Gasteiger charge is -2.09. The Kier molecular flexibility index (Phi) is 7.67. The van der Waals surface area contributed by atoms with Gasteiger partial charge >= 0.3 is 8.25 Å². The van der Waals surface area contributed by atoms with E-state index in [1.54, 1.807) is 0 Å². The van der Waals surface area contributed by atoms with Crippen LogP contribution in [0.2, 0.25) is 0 Å². The second-order valence-electron chi connectivity index (χ2n) is 4.17. The highest BCUT2D eigenvalue weighted by Crippen LogP contribution is 2.30. The number of hydrogen-bond acceptors (Lipinski definition) is 7. The molecule has 0 aliphatic rings. The summed E-state index contributed by atoms with van der Waals surface area (Å²) >= 11 is 6.86.